The zero-order valence-electron chi connectivity index (χ0n) is 19.2. The second kappa shape index (κ2) is 8.47. The lowest BCUT2D eigenvalue weighted by molar-refractivity contribution is 0.0745. The summed E-state index contributed by atoms with van der Waals surface area (Å²) < 4.78 is 15.6. The van der Waals surface area contributed by atoms with Gasteiger partial charge in [-0.15, -0.1) is 10.2 Å². The van der Waals surface area contributed by atoms with Crippen molar-refractivity contribution >= 4 is 28.4 Å². The molecule has 1 saturated heterocycles. The number of aromatic nitrogens is 4. The first kappa shape index (κ1) is 21.2. The Morgan fingerprint density at radius 3 is 2.43 bits per heavy atom. The van der Waals surface area contributed by atoms with Gasteiger partial charge in [-0.3, -0.25) is 4.79 Å². The van der Waals surface area contributed by atoms with Crippen molar-refractivity contribution in [1.82, 2.24) is 24.5 Å². The number of anilines is 1. The highest BCUT2D eigenvalue weighted by atomic mass is 19.1. The smallest absolute Gasteiger partial charge is 0.254 e. The fraction of sp³-hybridized carbons (Fsp3) is 0.185. The van der Waals surface area contributed by atoms with Gasteiger partial charge in [0.05, 0.1) is 5.52 Å². The van der Waals surface area contributed by atoms with Gasteiger partial charge in [-0.25, -0.2) is 13.8 Å². The number of carbonyl (C=O) groups excluding carboxylic acids is 1. The number of halogens is 1. The summed E-state index contributed by atoms with van der Waals surface area (Å²) in [5.74, 6) is 0.905. The van der Waals surface area contributed by atoms with E-state index in [0.717, 1.165) is 33.9 Å². The van der Waals surface area contributed by atoms with Crippen molar-refractivity contribution < 1.29 is 9.18 Å². The number of nitrogens with zero attached hydrogens (tertiary/aromatic N) is 6. The fourth-order valence-corrected chi connectivity index (χ4v) is 4.58. The lowest BCUT2D eigenvalue weighted by Gasteiger charge is -2.35. The predicted molar refractivity (Wildman–Crippen MR) is 133 cm³/mol. The van der Waals surface area contributed by atoms with E-state index in [0.29, 0.717) is 31.7 Å². The Balaban J connectivity index is 1.38. The van der Waals surface area contributed by atoms with Crippen LogP contribution >= 0.6 is 0 Å². The lowest BCUT2D eigenvalue weighted by atomic mass is 10.1. The summed E-state index contributed by atoms with van der Waals surface area (Å²) in [5, 5.41) is 10.0. The van der Waals surface area contributed by atoms with E-state index in [2.05, 4.69) is 34.2 Å². The van der Waals surface area contributed by atoms with Crippen LogP contribution in [0.1, 0.15) is 15.9 Å². The number of carbonyl (C=O) groups is 1. The Hall–Kier alpha value is -4.33. The molecular formula is C27H23FN6O. The van der Waals surface area contributed by atoms with Crippen molar-refractivity contribution in [2.45, 2.75) is 6.92 Å². The fourth-order valence-electron chi connectivity index (χ4n) is 4.58. The molecule has 6 rings (SSSR count). The number of rotatable bonds is 3. The van der Waals surface area contributed by atoms with Crippen LogP contribution in [0.15, 0.2) is 72.8 Å². The second-order valence-corrected chi connectivity index (χ2v) is 8.77. The lowest BCUT2D eigenvalue weighted by Crippen LogP contribution is -2.49. The number of para-hydroxylation sites is 1. The number of piperazine rings is 1. The SMILES string of the molecule is Cc1ccc(-c2nnc3c4ccccc4nc(N4CCN(C(=O)c5cccc(F)c5)CC4)n23)cc1. The Morgan fingerprint density at radius 2 is 1.66 bits per heavy atom. The summed E-state index contributed by atoms with van der Waals surface area (Å²) >= 11 is 0. The summed E-state index contributed by atoms with van der Waals surface area (Å²) in [7, 11) is 0. The third-order valence-electron chi connectivity index (χ3n) is 6.46. The van der Waals surface area contributed by atoms with Gasteiger partial charge < -0.3 is 9.80 Å². The van der Waals surface area contributed by atoms with Crippen LogP contribution in [0.3, 0.4) is 0 Å². The van der Waals surface area contributed by atoms with Gasteiger partial charge in [0.15, 0.2) is 11.5 Å². The molecule has 0 radical (unpaired) electrons. The van der Waals surface area contributed by atoms with Crippen LogP contribution in [0.4, 0.5) is 10.3 Å². The maximum absolute atomic E-state index is 13.6. The molecule has 0 saturated carbocycles. The average molecular weight is 467 g/mol. The van der Waals surface area contributed by atoms with Crippen LogP contribution in [0.5, 0.6) is 0 Å². The molecule has 0 atom stereocenters. The normalized spacial score (nSPS) is 14.1. The number of benzene rings is 3. The number of aryl methyl sites for hydroxylation is 1. The molecule has 5 aromatic rings. The summed E-state index contributed by atoms with van der Waals surface area (Å²) in [5.41, 5.74) is 4.09. The van der Waals surface area contributed by atoms with E-state index in [9.17, 15) is 9.18 Å². The van der Waals surface area contributed by atoms with Crippen LogP contribution < -0.4 is 4.90 Å². The Kier molecular flexibility index (Phi) is 5.13. The van der Waals surface area contributed by atoms with Crippen LogP contribution in [-0.4, -0.2) is 56.6 Å². The molecular weight excluding hydrogens is 443 g/mol. The molecule has 0 bridgehead atoms. The molecule has 174 valence electrons. The van der Waals surface area contributed by atoms with Gasteiger partial charge in [0.25, 0.3) is 5.91 Å². The number of hydrogen-bond acceptors (Lipinski definition) is 5. The van der Waals surface area contributed by atoms with Crippen molar-refractivity contribution in [1.29, 1.82) is 0 Å². The minimum atomic E-state index is -0.409. The van der Waals surface area contributed by atoms with Gasteiger partial charge in [-0.05, 0) is 37.3 Å². The molecule has 0 N–H and O–H groups in total. The molecule has 0 aliphatic carbocycles. The van der Waals surface area contributed by atoms with Crippen molar-refractivity contribution in [3.8, 4) is 11.4 Å². The quantitative estimate of drug-likeness (QED) is 0.395. The van der Waals surface area contributed by atoms with Crippen LogP contribution in [-0.2, 0) is 0 Å². The second-order valence-electron chi connectivity index (χ2n) is 8.77. The number of fused-ring (bicyclic) bond motifs is 3. The van der Waals surface area contributed by atoms with Gasteiger partial charge in [-0.2, -0.15) is 0 Å². The van der Waals surface area contributed by atoms with Crippen LogP contribution in [0, 0.1) is 12.7 Å². The minimum absolute atomic E-state index is 0.162. The molecule has 3 aromatic carbocycles. The Morgan fingerprint density at radius 1 is 0.886 bits per heavy atom. The molecule has 7 nitrogen and oxygen atoms in total. The first-order valence-corrected chi connectivity index (χ1v) is 11.6. The van der Waals surface area contributed by atoms with Crippen molar-refractivity contribution in [2.75, 3.05) is 31.1 Å². The molecule has 1 aliphatic heterocycles. The topological polar surface area (TPSA) is 66.6 Å². The molecule has 3 heterocycles. The van der Waals surface area contributed by atoms with Crippen molar-refractivity contribution in [3.63, 3.8) is 0 Å². The van der Waals surface area contributed by atoms with Crippen molar-refractivity contribution in [3.05, 3.63) is 89.7 Å². The van der Waals surface area contributed by atoms with E-state index in [4.69, 9.17) is 4.98 Å². The highest BCUT2D eigenvalue weighted by molar-refractivity contribution is 5.95. The molecule has 1 amide bonds. The molecule has 0 unspecified atom stereocenters. The third-order valence-corrected chi connectivity index (χ3v) is 6.46. The first-order valence-electron chi connectivity index (χ1n) is 11.6. The predicted octanol–water partition coefficient (Wildman–Crippen LogP) is 4.35. The third kappa shape index (κ3) is 3.77. The highest BCUT2D eigenvalue weighted by Crippen LogP contribution is 2.29. The van der Waals surface area contributed by atoms with Gasteiger partial charge in [0.2, 0.25) is 5.95 Å². The number of hydrogen-bond donors (Lipinski definition) is 0. The maximum Gasteiger partial charge on any atom is 0.254 e. The molecule has 1 fully saturated rings. The minimum Gasteiger partial charge on any atom is -0.338 e. The van der Waals surface area contributed by atoms with E-state index < -0.39 is 5.82 Å². The van der Waals surface area contributed by atoms with Crippen LogP contribution in [0.2, 0.25) is 0 Å². The zero-order valence-corrected chi connectivity index (χ0v) is 19.2. The van der Waals surface area contributed by atoms with Gasteiger partial charge in [-0.1, -0.05) is 48.0 Å². The van der Waals surface area contributed by atoms with E-state index in [1.165, 1.54) is 17.7 Å². The molecule has 8 heteroatoms. The number of amides is 1. The monoisotopic (exact) mass is 466 g/mol. The van der Waals surface area contributed by atoms with Crippen LogP contribution in [0.25, 0.3) is 27.9 Å². The first-order chi connectivity index (χ1) is 17.1. The standard InChI is InChI=1S/C27H23FN6O/c1-18-9-11-19(12-10-18)24-30-31-25-22-7-2-3-8-23(22)29-27(34(24)25)33-15-13-32(14-16-33)26(35)20-5-4-6-21(28)17-20/h2-12,17H,13-16H2,1H3. The van der Waals surface area contributed by atoms with Gasteiger partial charge in [0.1, 0.15) is 5.82 Å². The maximum atomic E-state index is 13.6. The largest absolute Gasteiger partial charge is 0.338 e. The highest BCUT2D eigenvalue weighted by Gasteiger charge is 2.26. The molecule has 1 aliphatic rings. The van der Waals surface area contributed by atoms with E-state index in [1.54, 1.807) is 17.0 Å². The van der Waals surface area contributed by atoms with E-state index in [1.807, 2.05) is 40.8 Å². The molecule has 35 heavy (non-hydrogen) atoms. The Bertz CT molecular complexity index is 1550. The summed E-state index contributed by atoms with van der Waals surface area (Å²) in [6, 6.07) is 22.0. The zero-order chi connectivity index (χ0) is 23.9. The molecule has 0 spiro atoms. The average Bonchev–Trinajstić information content (AvgIpc) is 3.34. The van der Waals surface area contributed by atoms with Gasteiger partial charge >= 0.3 is 0 Å². The Labute approximate surface area is 201 Å². The summed E-state index contributed by atoms with van der Waals surface area (Å²) in [6.45, 7) is 4.25. The van der Waals surface area contributed by atoms with E-state index in [-0.39, 0.29) is 5.91 Å². The van der Waals surface area contributed by atoms with Gasteiger partial charge in [0, 0.05) is 42.7 Å². The van der Waals surface area contributed by atoms with E-state index >= 15 is 0 Å². The summed E-state index contributed by atoms with van der Waals surface area (Å²) in [6.07, 6.45) is 0. The molecule has 2 aromatic heterocycles. The summed E-state index contributed by atoms with van der Waals surface area (Å²) in [4.78, 5) is 21.8. The van der Waals surface area contributed by atoms with Crippen molar-refractivity contribution in [2.24, 2.45) is 0 Å².